The molecule has 0 saturated carbocycles. The van der Waals surface area contributed by atoms with Gasteiger partial charge in [-0.25, -0.2) is 19.6 Å². The first-order chi connectivity index (χ1) is 20.1. The molecule has 12 heteroatoms. The monoisotopic (exact) mass is 608 g/mol. The van der Waals surface area contributed by atoms with E-state index in [1.54, 1.807) is 49.1 Å². The fraction of sp³-hybridized carbons (Fsp3) is 0.452. The summed E-state index contributed by atoms with van der Waals surface area (Å²) in [5.74, 6) is -0.0456. The molecule has 11 nitrogen and oxygen atoms in total. The quantitative estimate of drug-likeness (QED) is 0.272. The number of carbonyl (C=O) groups excluding carboxylic acids is 3. The van der Waals surface area contributed by atoms with Gasteiger partial charge in [-0.1, -0.05) is 12.1 Å². The van der Waals surface area contributed by atoms with E-state index in [2.05, 4.69) is 32.8 Å². The molecular weight excluding hydrogens is 568 g/mol. The molecule has 0 unspecified atom stereocenters. The molecule has 0 radical (unpaired) electrons. The Morgan fingerprint density at radius 1 is 0.907 bits per heavy atom. The highest BCUT2D eigenvalue weighted by atomic mass is 32.1. The summed E-state index contributed by atoms with van der Waals surface area (Å²) in [5.41, 5.74) is 0.403. The molecule has 3 amide bonds. The van der Waals surface area contributed by atoms with E-state index in [0.29, 0.717) is 43.3 Å². The predicted octanol–water partition coefficient (Wildman–Crippen LogP) is 7.01. The molecule has 1 saturated heterocycles. The van der Waals surface area contributed by atoms with Crippen LogP contribution in [0.1, 0.15) is 71.7 Å². The highest BCUT2D eigenvalue weighted by Crippen LogP contribution is 2.32. The molecule has 43 heavy (non-hydrogen) atoms. The Labute approximate surface area is 256 Å². The van der Waals surface area contributed by atoms with Crippen molar-refractivity contribution >= 4 is 46.8 Å². The summed E-state index contributed by atoms with van der Waals surface area (Å²) in [5, 5.41) is 10.9. The van der Waals surface area contributed by atoms with Crippen molar-refractivity contribution in [1.82, 2.24) is 14.9 Å². The number of hydrogen-bond donors (Lipinski definition) is 3. The number of thiophene rings is 1. The van der Waals surface area contributed by atoms with Gasteiger partial charge in [-0.05, 0) is 90.5 Å². The molecular formula is C31H40N6O5S. The molecule has 0 atom stereocenters. The predicted molar refractivity (Wildman–Crippen MR) is 169 cm³/mol. The average Bonchev–Trinajstić information content (AvgIpc) is 3.43. The van der Waals surface area contributed by atoms with Crippen molar-refractivity contribution in [2.75, 3.05) is 29.0 Å². The maximum atomic E-state index is 13.2. The van der Waals surface area contributed by atoms with Crippen LogP contribution < -0.4 is 16.0 Å². The molecule has 1 aromatic carbocycles. The van der Waals surface area contributed by atoms with Crippen molar-refractivity contribution in [2.45, 2.75) is 78.0 Å². The fourth-order valence-corrected chi connectivity index (χ4v) is 5.10. The minimum Gasteiger partial charge on any atom is -0.444 e. The van der Waals surface area contributed by atoms with Crippen LogP contribution >= 0.6 is 11.3 Å². The lowest BCUT2D eigenvalue weighted by Crippen LogP contribution is -2.50. The molecule has 4 rings (SSSR count). The van der Waals surface area contributed by atoms with Gasteiger partial charge in [-0.3, -0.25) is 10.1 Å². The van der Waals surface area contributed by atoms with Gasteiger partial charge in [0.2, 0.25) is 5.95 Å². The van der Waals surface area contributed by atoms with Crippen LogP contribution in [-0.2, 0) is 9.47 Å². The van der Waals surface area contributed by atoms with E-state index in [1.807, 2.05) is 44.4 Å². The normalized spacial score (nSPS) is 14.9. The zero-order chi connectivity index (χ0) is 31.4. The third-order valence-electron chi connectivity index (χ3n) is 6.56. The van der Waals surface area contributed by atoms with Gasteiger partial charge in [0.05, 0.1) is 16.9 Å². The summed E-state index contributed by atoms with van der Waals surface area (Å²) >= 11 is 1.57. The van der Waals surface area contributed by atoms with Crippen LogP contribution in [0.2, 0.25) is 0 Å². The fourth-order valence-electron chi connectivity index (χ4n) is 4.37. The lowest BCUT2D eigenvalue weighted by Gasteiger charge is -2.40. The summed E-state index contributed by atoms with van der Waals surface area (Å²) in [6.45, 7) is 14.0. The number of anilines is 3. The molecule has 2 aromatic heterocycles. The van der Waals surface area contributed by atoms with Crippen molar-refractivity contribution in [3.63, 3.8) is 0 Å². The standard InChI is InChI=1S/C31H40N6O5S/c1-29(2,3)41-27(39)35-22-11-10-20(24-9-8-16-43-24)17-23(22)34-25(38)21-18-32-26(33-19-21)36-31(7)12-14-37(15-13-31)28(40)42-30(4,5)6/h8-11,16-19H,12-15H2,1-7H3,(H,34,38)(H,35,39)(H,32,33,36). The van der Waals surface area contributed by atoms with Crippen molar-refractivity contribution < 1.29 is 23.9 Å². The number of piperidine rings is 1. The average molecular weight is 609 g/mol. The van der Waals surface area contributed by atoms with E-state index in [0.717, 1.165) is 10.4 Å². The minimum atomic E-state index is -0.677. The van der Waals surface area contributed by atoms with Crippen LogP contribution in [0.4, 0.5) is 26.9 Å². The second-order valence-electron chi connectivity index (χ2n) is 12.8. The molecule has 0 bridgehead atoms. The molecule has 230 valence electrons. The maximum absolute atomic E-state index is 13.2. The van der Waals surface area contributed by atoms with Crippen LogP contribution in [0.5, 0.6) is 0 Å². The van der Waals surface area contributed by atoms with E-state index < -0.39 is 23.2 Å². The summed E-state index contributed by atoms with van der Waals surface area (Å²) in [4.78, 5) is 49.6. The van der Waals surface area contributed by atoms with E-state index in [4.69, 9.17) is 9.47 Å². The van der Waals surface area contributed by atoms with Crippen molar-refractivity contribution in [3.8, 4) is 10.4 Å². The molecule has 0 spiro atoms. The zero-order valence-electron chi connectivity index (χ0n) is 25.7. The van der Waals surface area contributed by atoms with Crippen LogP contribution in [-0.4, -0.2) is 62.8 Å². The summed E-state index contributed by atoms with van der Waals surface area (Å²) in [6.07, 6.45) is 3.34. The van der Waals surface area contributed by atoms with Gasteiger partial charge in [-0.15, -0.1) is 11.3 Å². The van der Waals surface area contributed by atoms with Crippen molar-refractivity contribution in [1.29, 1.82) is 0 Å². The van der Waals surface area contributed by atoms with E-state index in [9.17, 15) is 14.4 Å². The molecule has 0 aliphatic carbocycles. The van der Waals surface area contributed by atoms with Gasteiger partial charge in [0.25, 0.3) is 5.91 Å². The Morgan fingerprint density at radius 2 is 1.56 bits per heavy atom. The smallest absolute Gasteiger partial charge is 0.412 e. The second-order valence-corrected chi connectivity index (χ2v) is 13.7. The number of hydrogen-bond acceptors (Lipinski definition) is 9. The van der Waals surface area contributed by atoms with Crippen LogP contribution in [0.15, 0.2) is 48.1 Å². The molecule has 3 N–H and O–H groups in total. The first-order valence-electron chi connectivity index (χ1n) is 14.2. The Morgan fingerprint density at radius 3 is 2.14 bits per heavy atom. The van der Waals surface area contributed by atoms with E-state index in [-0.39, 0.29) is 17.2 Å². The number of nitrogens with one attached hydrogen (secondary N) is 3. The number of nitrogens with zero attached hydrogens (tertiary/aromatic N) is 3. The first-order valence-corrected chi connectivity index (χ1v) is 15.0. The molecule has 1 aliphatic rings. The van der Waals surface area contributed by atoms with Gasteiger partial charge in [0.15, 0.2) is 0 Å². The molecule has 1 fully saturated rings. The Kier molecular flexibility index (Phi) is 9.29. The summed E-state index contributed by atoms with van der Waals surface area (Å²) < 4.78 is 10.9. The number of amides is 3. The number of carbonyl (C=O) groups is 3. The third-order valence-corrected chi connectivity index (χ3v) is 7.47. The number of ether oxygens (including phenoxy) is 2. The topological polar surface area (TPSA) is 135 Å². The van der Waals surface area contributed by atoms with Gasteiger partial charge in [0, 0.05) is 35.9 Å². The maximum Gasteiger partial charge on any atom is 0.412 e. The highest BCUT2D eigenvalue weighted by Gasteiger charge is 2.34. The number of aromatic nitrogens is 2. The zero-order valence-corrected chi connectivity index (χ0v) is 26.6. The van der Waals surface area contributed by atoms with Gasteiger partial charge < -0.3 is 25.0 Å². The number of likely N-dealkylation sites (tertiary alicyclic amines) is 1. The first kappa shape index (κ1) is 31.7. The largest absolute Gasteiger partial charge is 0.444 e. The molecule has 1 aliphatic heterocycles. The van der Waals surface area contributed by atoms with Crippen LogP contribution in [0, 0.1) is 0 Å². The van der Waals surface area contributed by atoms with E-state index in [1.165, 1.54) is 12.4 Å². The van der Waals surface area contributed by atoms with Gasteiger partial charge in [-0.2, -0.15) is 0 Å². The molecule has 3 heterocycles. The Hall–Kier alpha value is -4.19. The van der Waals surface area contributed by atoms with Crippen molar-refractivity contribution in [3.05, 3.63) is 53.7 Å². The Bertz CT molecular complexity index is 1440. The third kappa shape index (κ3) is 9.15. The lowest BCUT2D eigenvalue weighted by atomic mass is 9.90. The van der Waals surface area contributed by atoms with Gasteiger partial charge in [0.1, 0.15) is 11.2 Å². The van der Waals surface area contributed by atoms with Crippen LogP contribution in [0.25, 0.3) is 10.4 Å². The lowest BCUT2D eigenvalue weighted by molar-refractivity contribution is 0.0183. The Balaban J connectivity index is 1.42. The van der Waals surface area contributed by atoms with Crippen LogP contribution in [0.3, 0.4) is 0 Å². The number of benzene rings is 1. The van der Waals surface area contributed by atoms with Crippen molar-refractivity contribution in [2.24, 2.45) is 0 Å². The summed E-state index contributed by atoms with van der Waals surface area (Å²) in [7, 11) is 0. The molecule has 3 aromatic rings. The van der Waals surface area contributed by atoms with Gasteiger partial charge >= 0.3 is 12.2 Å². The summed E-state index contributed by atoms with van der Waals surface area (Å²) in [6, 6.07) is 9.33. The SMILES string of the molecule is CC1(Nc2ncc(C(=O)Nc3cc(-c4cccs4)ccc3NC(=O)OC(C)(C)C)cn2)CCN(C(=O)OC(C)(C)C)CC1. The highest BCUT2D eigenvalue weighted by molar-refractivity contribution is 7.13. The second kappa shape index (κ2) is 12.6. The minimum absolute atomic E-state index is 0.250. The number of rotatable bonds is 6. The van der Waals surface area contributed by atoms with E-state index >= 15 is 0 Å².